The molecule has 5 rings (SSSR count). The first-order valence-electron chi connectivity index (χ1n) is 8.62. The van der Waals surface area contributed by atoms with Gasteiger partial charge in [0.1, 0.15) is 11.6 Å². The van der Waals surface area contributed by atoms with Crippen molar-refractivity contribution in [2.24, 2.45) is 5.92 Å². The van der Waals surface area contributed by atoms with Gasteiger partial charge in [0.15, 0.2) is 0 Å². The van der Waals surface area contributed by atoms with Gasteiger partial charge >= 0.3 is 0 Å². The fraction of sp³-hybridized carbons (Fsp3) is 0.182. The third kappa shape index (κ3) is 2.19. The highest BCUT2D eigenvalue weighted by Crippen LogP contribution is 2.51. The van der Waals surface area contributed by atoms with Crippen molar-refractivity contribution in [3.63, 3.8) is 0 Å². The standard InChI is InChI=1S/C22H17F2N/c23-14-11-19-16-8-4-10-18(16)21(25-22(19)20(24)12-14)17-9-3-6-13-5-1-2-7-15(13)17/h1-9,11-12,16,18,21,25H,10H2/t16-,18+,21-/m1/s1. The van der Waals surface area contributed by atoms with Gasteiger partial charge in [0.2, 0.25) is 0 Å². The van der Waals surface area contributed by atoms with E-state index in [0.29, 0.717) is 5.69 Å². The summed E-state index contributed by atoms with van der Waals surface area (Å²) in [6, 6.07) is 16.9. The largest absolute Gasteiger partial charge is 0.375 e. The smallest absolute Gasteiger partial charge is 0.149 e. The number of benzene rings is 3. The molecule has 0 saturated heterocycles. The molecule has 124 valence electrons. The highest BCUT2D eigenvalue weighted by atomic mass is 19.1. The third-order valence-electron chi connectivity index (χ3n) is 5.54. The molecule has 1 nitrogen and oxygen atoms in total. The number of hydrogen-bond donors (Lipinski definition) is 1. The van der Waals surface area contributed by atoms with Gasteiger partial charge in [0, 0.05) is 12.0 Å². The van der Waals surface area contributed by atoms with Gasteiger partial charge in [-0.3, -0.25) is 0 Å². The minimum atomic E-state index is -0.515. The molecule has 0 spiro atoms. The molecule has 0 aromatic heterocycles. The molecule has 0 fully saturated rings. The van der Waals surface area contributed by atoms with Crippen LogP contribution in [0.25, 0.3) is 10.8 Å². The Kier molecular flexibility index (Phi) is 3.17. The number of rotatable bonds is 1. The van der Waals surface area contributed by atoms with Crippen molar-refractivity contribution in [1.82, 2.24) is 0 Å². The lowest BCUT2D eigenvalue weighted by Crippen LogP contribution is -2.30. The van der Waals surface area contributed by atoms with Gasteiger partial charge in [-0.15, -0.1) is 0 Å². The van der Waals surface area contributed by atoms with Crippen molar-refractivity contribution >= 4 is 16.5 Å². The fourth-order valence-corrected chi connectivity index (χ4v) is 4.45. The second-order valence-electron chi connectivity index (χ2n) is 6.90. The van der Waals surface area contributed by atoms with Crippen LogP contribution in [0.4, 0.5) is 14.5 Å². The van der Waals surface area contributed by atoms with Gasteiger partial charge in [-0.1, -0.05) is 54.6 Å². The molecule has 0 saturated carbocycles. The Balaban J connectivity index is 1.70. The van der Waals surface area contributed by atoms with Crippen LogP contribution in [0.15, 0.2) is 66.7 Å². The quantitative estimate of drug-likeness (QED) is 0.543. The first-order chi connectivity index (χ1) is 12.2. The Morgan fingerprint density at radius 2 is 1.76 bits per heavy atom. The molecule has 1 heterocycles. The molecular formula is C22H17F2N. The van der Waals surface area contributed by atoms with E-state index in [1.807, 2.05) is 18.2 Å². The van der Waals surface area contributed by atoms with E-state index in [2.05, 4.69) is 41.7 Å². The summed E-state index contributed by atoms with van der Waals surface area (Å²) in [6.45, 7) is 0. The lowest BCUT2D eigenvalue weighted by atomic mass is 9.76. The van der Waals surface area contributed by atoms with E-state index in [4.69, 9.17) is 0 Å². The molecule has 0 amide bonds. The van der Waals surface area contributed by atoms with E-state index in [-0.39, 0.29) is 17.9 Å². The van der Waals surface area contributed by atoms with Crippen LogP contribution in [0.5, 0.6) is 0 Å². The van der Waals surface area contributed by atoms with Gasteiger partial charge in [0.05, 0.1) is 11.7 Å². The zero-order valence-electron chi connectivity index (χ0n) is 13.5. The highest BCUT2D eigenvalue weighted by Gasteiger charge is 2.39. The van der Waals surface area contributed by atoms with Gasteiger partial charge in [-0.25, -0.2) is 8.78 Å². The maximum Gasteiger partial charge on any atom is 0.149 e. The molecule has 0 bridgehead atoms. The van der Waals surface area contributed by atoms with Crippen LogP contribution in [-0.2, 0) is 0 Å². The Labute approximate surface area is 145 Å². The molecule has 3 aromatic rings. The van der Waals surface area contributed by atoms with Crippen molar-refractivity contribution in [2.45, 2.75) is 18.4 Å². The summed E-state index contributed by atoms with van der Waals surface area (Å²) >= 11 is 0. The molecule has 3 atom stereocenters. The third-order valence-corrected chi connectivity index (χ3v) is 5.54. The van der Waals surface area contributed by atoms with Crippen molar-refractivity contribution < 1.29 is 8.78 Å². The summed E-state index contributed by atoms with van der Waals surface area (Å²) in [4.78, 5) is 0. The summed E-state index contributed by atoms with van der Waals surface area (Å²) in [5.41, 5.74) is 2.34. The molecule has 1 aliphatic heterocycles. The first kappa shape index (κ1) is 14.6. The van der Waals surface area contributed by atoms with Crippen LogP contribution in [0.3, 0.4) is 0 Å². The molecule has 3 heteroatoms. The van der Waals surface area contributed by atoms with E-state index >= 15 is 0 Å². The van der Waals surface area contributed by atoms with Crippen LogP contribution in [0, 0.1) is 17.6 Å². The van der Waals surface area contributed by atoms with Gasteiger partial charge in [0.25, 0.3) is 0 Å². The van der Waals surface area contributed by atoms with Crippen molar-refractivity contribution in [1.29, 1.82) is 0 Å². The number of anilines is 1. The maximum absolute atomic E-state index is 14.5. The predicted molar refractivity (Wildman–Crippen MR) is 96.7 cm³/mol. The van der Waals surface area contributed by atoms with Crippen LogP contribution in [0.2, 0.25) is 0 Å². The van der Waals surface area contributed by atoms with Crippen LogP contribution in [-0.4, -0.2) is 0 Å². The number of fused-ring (bicyclic) bond motifs is 4. The number of halogens is 2. The highest BCUT2D eigenvalue weighted by molar-refractivity contribution is 5.86. The SMILES string of the molecule is Fc1cc(F)c2c(c1)[C@@H]1C=CC[C@@H]1[C@@H](c1cccc3ccccc13)N2. The van der Waals surface area contributed by atoms with Crippen molar-refractivity contribution in [3.8, 4) is 0 Å². The van der Waals surface area contributed by atoms with Crippen molar-refractivity contribution in [2.75, 3.05) is 5.32 Å². The summed E-state index contributed by atoms with van der Waals surface area (Å²) in [7, 11) is 0. The second kappa shape index (κ2) is 5.41. The average molecular weight is 333 g/mol. The Bertz CT molecular complexity index is 1000. The molecule has 1 aliphatic carbocycles. The van der Waals surface area contributed by atoms with Gasteiger partial charge in [-0.05, 0) is 40.3 Å². The Hall–Kier alpha value is -2.68. The van der Waals surface area contributed by atoms with Crippen molar-refractivity contribution in [3.05, 3.63) is 89.5 Å². The van der Waals surface area contributed by atoms with E-state index in [0.717, 1.165) is 18.1 Å². The molecule has 25 heavy (non-hydrogen) atoms. The second-order valence-corrected chi connectivity index (χ2v) is 6.90. The van der Waals surface area contributed by atoms with Gasteiger partial charge < -0.3 is 5.32 Å². The van der Waals surface area contributed by atoms with Crippen LogP contribution >= 0.6 is 0 Å². The molecule has 2 aliphatic rings. The number of nitrogens with one attached hydrogen (secondary N) is 1. The predicted octanol–water partition coefficient (Wildman–Crippen LogP) is 5.94. The van der Waals surface area contributed by atoms with E-state index in [1.165, 1.54) is 22.4 Å². The molecule has 0 radical (unpaired) electrons. The molecular weight excluding hydrogens is 316 g/mol. The maximum atomic E-state index is 14.5. The number of allylic oxidation sites excluding steroid dienone is 2. The molecule has 3 aromatic carbocycles. The first-order valence-corrected chi connectivity index (χ1v) is 8.62. The molecule has 0 unspecified atom stereocenters. The molecule has 1 N–H and O–H groups in total. The number of hydrogen-bond acceptors (Lipinski definition) is 1. The monoisotopic (exact) mass is 333 g/mol. The minimum absolute atomic E-state index is 0.00133. The zero-order chi connectivity index (χ0) is 17.0. The Morgan fingerprint density at radius 3 is 2.68 bits per heavy atom. The van der Waals surface area contributed by atoms with Gasteiger partial charge in [-0.2, -0.15) is 0 Å². The summed E-state index contributed by atoms with van der Waals surface area (Å²) in [5.74, 6) is -0.718. The van der Waals surface area contributed by atoms with Crippen LogP contribution < -0.4 is 5.32 Å². The summed E-state index contributed by atoms with van der Waals surface area (Å²) in [6.07, 6.45) is 5.14. The van der Waals surface area contributed by atoms with E-state index < -0.39 is 11.6 Å². The fourth-order valence-electron chi connectivity index (χ4n) is 4.45. The van der Waals surface area contributed by atoms with E-state index in [9.17, 15) is 8.78 Å². The topological polar surface area (TPSA) is 12.0 Å². The Morgan fingerprint density at radius 1 is 0.920 bits per heavy atom. The normalized spacial score (nSPS) is 24.0. The lowest BCUT2D eigenvalue weighted by molar-refractivity contribution is 0.420. The minimum Gasteiger partial charge on any atom is -0.375 e. The zero-order valence-corrected chi connectivity index (χ0v) is 13.5. The summed E-state index contributed by atoms with van der Waals surface area (Å²) in [5, 5.41) is 5.75. The lowest BCUT2D eigenvalue weighted by Gasteiger charge is -2.38. The summed E-state index contributed by atoms with van der Waals surface area (Å²) < 4.78 is 28.2. The van der Waals surface area contributed by atoms with Crippen LogP contribution in [0.1, 0.15) is 29.5 Å². The average Bonchev–Trinajstić information content (AvgIpc) is 3.11. The van der Waals surface area contributed by atoms with E-state index in [1.54, 1.807) is 0 Å².